The lowest BCUT2D eigenvalue weighted by Crippen LogP contribution is -2.32. The zero-order valence-corrected chi connectivity index (χ0v) is 9.08. The van der Waals surface area contributed by atoms with Crippen molar-refractivity contribution in [2.45, 2.75) is 37.4 Å². The van der Waals surface area contributed by atoms with E-state index in [0.29, 0.717) is 11.5 Å². The van der Waals surface area contributed by atoms with E-state index in [4.69, 9.17) is 16.3 Å². The minimum atomic E-state index is 0.186. The second-order valence-corrected chi connectivity index (χ2v) is 4.50. The summed E-state index contributed by atoms with van der Waals surface area (Å²) in [7, 11) is 0. The van der Waals surface area contributed by atoms with Gasteiger partial charge in [-0.25, -0.2) is 0 Å². The van der Waals surface area contributed by atoms with E-state index in [1.165, 1.54) is 5.56 Å². The molecule has 0 radical (unpaired) electrons. The highest BCUT2D eigenvalue weighted by molar-refractivity contribution is 6.21. The molecule has 1 unspecified atom stereocenters. The Morgan fingerprint density at radius 2 is 1.93 bits per heavy atom. The van der Waals surface area contributed by atoms with Gasteiger partial charge >= 0.3 is 0 Å². The quantitative estimate of drug-likeness (QED) is 0.694. The van der Waals surface area contributed by atoms with Crippen molar-refractivity contribution in [3.8, 4) is 0 Å². The molecule has 0 saturated heterocycles. The standard InChI is InChI=1S/C12H15ClO/c1-9(10-5-3-2-4-6-10)14-12-7-11(13)8-12/h2-6,9,11-12H,7-8H2,1H3. The zero-order chi connectivity index (χ0) is 9.97. The van der Waals surface area contributed by atoms with Crippen LogP contribution in [0, 0.1) is 0 Å². The number of alkyl halides is 1. The van der Waals surface area contributed by atoms with Crippen LogP contribution in [0.2, 0.25) is 0 Å². The molecular weight excluding hydrogens is 196 g/mol. The van der Waals surface area contributed by atoms with Crippen LogP contribution in [0.25, 0.3) is 0 Å². The minimum Gasteiger partial charge on any atom is -0.370 e. The molecule has 0 spiro atoms. The Bertz CT molecular complexity index is 280. The topological polar surface area (TPSA) is 9.23 Å². The van der Waals surface area contributed by atoms with Gasteiger partial charge in [-0.2, -0.15) is 0 Å². The van der Waals surface area contributed by atoms with E-state index in [-0.39, 0.29) is 6.10 Å². The molecule has 2 rings (SSSR count). The van der Waals surface area contributed by atoms with Gasteiger partial charge < -0.3 is 4.74 Å². The lowest BCUT2D eigenvalue weighted by atomic mass is 9.95. The van der Waals surface area contributed by atoms with E-state index in [1.807, 2.05) is 18.2 Å². The molecule has 0 bridgehead atoms. The fourth-order valence-electron chi connectivity index (χ4n) is 1.70. The van der Waals surface area contributed by atoms with Crippen LogP contribution in [0.15, 0.2) is 30.3 Å². The van der Waals surface area contributed by atoms with Crippen LogP contribution in [0.4, 0.5) is 0 Å². The summed E-state index contributed by atoms with van der Waals surface area (Å²) in [6.45, 7) is 2.09. The molecule has 1 saturated carbocycles. The van der Waals surface area contributed by atoms with E-state index in [1.54, 1.807) is 0 Å². The molecule has 1 nitrogen and oxygen atoms in total. The first kappa shape index (κ1) is 10.0. The molecule has 1 aromatic carbocycles. The summed E-state index contributed by atoms with van der Waals surface area (Å²) in [6.07, 6.45) is 2.55. The van der Waals surface area contributed by atoms with E-state index < -0.39 is 0 Å². The molecule has 76 valence electrons. The van der Waals surface area contributed by atoms with Gasteiger partial charge in [0.1, 0.15) is 0 Å². The molecular formula is C12H15ClO. The number of ether oxygens (including phenoxy) is 1. The Kier molecular flexibility index (Phi) is 3.09. The van der Waals surface area contributed by atoms with Crippen LogP contribution in [0.5, 0.6) is 0 Å². The molecule has 1 aliphatic carbocycles. The van der Waals surface area contributed by atoms with Gasteiger partial charge in [0, 0.05) is 5.38 Å². The average molecular weight is 211 g/mol. The molecule has 14 heavy (non-hydrogen) atoms. The van der Waals surface area contributed by atoms with Crippen molar-refractivity contribution in [1.29, 1.82) is 0 Å². The lowest BCUT2D eigenvalue weighted by molar-refractivity contribution is -0.0424. The number of benzene rings is 1. The Labute approximate surface area is 90.0 Å². The molecule has 1 fully saturated rings. The van der Waals surface area contributed by atoms with Gasteiger partial charge in [0.2, 0.25) is 0 Å². The molecule has 1 aromatic rings. The monoisotopic (exact) mass is 210 g/mol. The van der Waals surface area contributed by atoms with Gasteiger partial charge in [0.05, 0.1) is 12.2 Å². The molecule has 0 heterocycles. The maximum absolute atomic E-state index is 5.89. The Hall–Kier alpha value is -0.530. The van der Waals surface area contributed by atoms with Gasteiger partial charge in [-0.3, -0.25) is 0 Å². The van der Waals surface area contributed by atoms with Crippen LogP contribution in [0.1, 0.15) is 31.4 Å². The second kappa shape index (κ2) is 4.33. The van der Waals surface area contributed by atoms with Crippen LogP contribution < -0.4 is 0 Å². The first-order valence-corrected chi connectivity index (χ1v) is 5.54. The van der Waals surface area contributed by atoms with Crippen molar-refractivity contribution in [3.05, 3.63) is 35.9 Å². The van der Waals surface area contributed by atoms with Crippen molar-refractivity contribution < 1.29 is 4.74 Å². The fraction of sp³-hybridized carbons (Fsp3) is 0.500. The summed E-state index contributed by atoms with van der Waals surface area (Å²) in [5.74, 6) is 0. The maximum atomic E-state index is 5.89. The Morgan fingerprint density at radius 1 is 1.29 bits per heavy atom. The van der Waals surface area contributed by atoms with E-state index in [0.717, 1.165) is 12.8 Å². The number of halogens is 1. The first-order valence-electron chi connectivity index (χ1n) is 5.10. The summed E-state index contributed by atoms with van der Waals surface area (Å²) < 4.78 is 5.86. The Balaban J connectivity index is 1.87. The third kappa shape index (κ3) is 2.28. The van der Waals surface area contributed by atoms with Gasteiger partial charge in [-0.15, -0.1) is 11.6 Å². The van der Waals surface area contributed by atoms with Crippen LogP contribution in [-0.4, -0.2) is 11.5 Å². The van der Waals surface area contributed by atoms with E-state index in [2.05, 4.69) is 19.1 Å². The largest absolute Gasteiger partial charge is 0.370 e. The number of hydrogen-bond donors (Lipinski definition) is 0. The molecule has 2 heteroatoms. The summed E-state index contributed by atoms with van der Waals surface area (Å²) in [5, 5.41) is 0.336. The molecule has 0 aromatic heterocycles. The van der Waals surface area contributed by atoms with E-state index >= 15 is 0 Å². The number of hydrogen-bond acceptors (Lipinski definition) is 1. The van der Waals surface area contributed by atoms with Gasteiger partial charge in [0.25, 0.3) is 0 Å². The summed E-state index contributed by atoms with van der Waals surface area (Å²) in [5.41, 5.74) is 1.24. The third-order valence-corrected chi connectivity index (χ3v) is 3.06. The van der Waals surface area contributed by atoms with Crippen molar-refractivity contribution in [2.24, 2.45) is 0 Å². The van der Waals surface area contributed by atoms with Gasteiger partial charge in [-0.05, 0) is 25.3 Å². The van der Waals surface area contributed by atoms with Crippen molar-refractivity contribution in [1.82, 2.24) is 0 Å². The lowest BCUT2D eigenvalue weighted by Gasteiger charge is -2.33. The minimum absolute atomic E-state index is 0.186. The molecule has 1 aliphatic rings. The first-order chi connectivity index (χ1) is 6.75. The van der Waals surface area contributed by atoms with Gasteiger partial charge in [0.15, 0.2) is 0 Å². The van der Waals surface area contributed by atoms with E-state index in [9.17, 15) is 0 Å². The zero-order valence-electron chi connectivity index (χ0n) is 8.32. The normalized spacial score (nSPS) is 28.1. The highest BCUT2D eigenvalue weighted by Gasteiger charge is 2.29. The average Bonchev–Trinajstić information content (AvgIpc) is 2.17. The predicted octanol–water partition coefficient (Wildman–Crippen LogP) is 3.53. The Morgan fingerprint density at radius 3 is 2.50 bits per heavy atom. The van der Waals surface area contributed by atoms with Crippen LogP contribution in [0.3, 0.4) is 0 Å². The molecule has 0 N–H and O–H groups in total. The third-order valence-electron chi connectivity index (χ3n) is 2.70. The molecule has 0 aliphatic heterocycles. The second-order valence-electron chi connectivity index (χ2n) is 3.88. The fourth-order valence-corrected chi connectivity index (χ4v) is 2.10. The predicted molar refractivity (Wildman–Crippen MR) is 58.6 cm³/mol. The summed E-state index contributed by atoms with van der Waals surface area (Å²) >= 11 is 5.89. The highest BCUT2D eigenvalue weighted by atomic mass is 35.5. The van der Waals surface area contributed by atoms with Gasteiger partial charge in [-0.1, -0.05) is 30.3 Å². The summed E-state index contributed by atoms with van der Waals surface area (Å²) in [6, 6.07) is 10.3. The van der Waals surface area contributed by atoms with Crippen molar-refractivity contribution >= 4 is 11.6 Å². The molecule has 1 atom stereocenters. The number of rotatable bonds is 3. The SMILES string of the molecule is CC(OC1CC(Cl)C1)c1ccccc1. The molecule has 0 amide bonds. The van der Waals surface area contributed by atoms with Crippen molar-refractivity contribution in [2.75, 3.05) is 0 Å². The van der Waals surface area contributed by atoms with Crippen LogP contribution >= 0.6 is 11.6 Å². The van der Waals surface area contributed by atoms with Crippen LogP contribution in [-0.2, 0) is 4.74 Å². The van der Waals surface area contributed by atoms with Crippen molar-refractivity contribution in [3.63, 3.8) is 0 Å². The summed E-state index contributed by atoms with van der Waals surface area (Å²) in [4.78, 5) is 0. The highest BCUT2D eigenvalue weighted by Crippen LogP contribution is 2.32. The maximum Gasteiger partial charge on any atom is 0.0800 e. The smallest absolute Gasteiger partial charge is 0.0800 e.